The summed E-state index contributed by atoms with van der Waals surface area (Å²) >= 11 is 0. The second-order valence-corrected chi connectivity index (χ2v) is 8.57. The second kappa shape index (κ2) is 9.67. The minimum Gasteiger partial charge on any atom is -0.387 e. The van der Waals surface area contributed by atoms with Gasteiger partial charge in [-0.2, -0.15) is 0 Å². The van der Waals surface area contributed by atoms with E-state index in [1.54, 1.807) is 18.2 Å². The van der Waals surface area contributed by atoms with Gasteiger partial charge in [-0.1, -0.05) is 0 Å². The maximum Gasteiger partial charge on any atom is 0.255 e. The summed E-state index contributed by atoms with van der Waals surface area (Å²) in [6.45, 7) is 3.67. The molecular weight excluding hydrogens is 431 g/mol. The Bertz CT molecular complexity index is 1110. The summed E-state index contributed by atoms with van der Waals surface area (Å²) in [6, 6.07) is 7.23. The van der Waals surface area contributed by atoms with Crippen LogP contribution in [0.1, 0.15) is 37.0 Å². The molecule has 1 atom stereocenters. The Morgan fingerprint density at radius 1 is 1.24 bits per heavy atom. The highest BCUT2D eigenvalue weighted by atomic mass is 19.1. The fraction of sp³-hybridized carbons (Fsp3) is 0.455. The summed E-state index contributed by atoms with van der Waals surface area (Å²) in [4.78, 5) is 17.2. The maximum atomic E-state index is 14.1. The Labute approximate surface area is 189 Å². The van der Waals surface area contributed by atoms with Gasteiger partial charge in [0.2, 0.25) is 0 Å². The van der Waals surface area contributed by atoms with Crippen molar-refractivity contribution >= 4 is 34.1 Å². The summed E-state index contributed by atoms with van der Waals surface area (Å²) in [5, 5.41) is 26.5. The van der Waals surface area contributed by atoms with Crippen molar-refractivity contribution in [2.75, 3.05) is 30.4 Å². The summed E-state index contributed by atoms with van der Waals surface area (Å²) in [5.41, 5.74) is 1.27. The van der Waals surface area contributed by atoms with Gasteiger partial charge in [0.15, 0.2) is 0 Å². The lowest BCUT2D eigenvalue weighted by Crippen LogP contribution is -2.42. The van der Waals surface area contributed by atoms with E-state index in [9.17, 15) is 14.3 Å². The number of alkyl halides is 1. The van der Waals surface area contributed by atoms with Crippen molar-refractivity contribution in [3.8, 4) is 0 Å². The van der Waals surface area contributed by atoms with Gasteiger partial charge in [0, 0.05) is 37.2 Å². The predicted octanol–water partition coefficient (Wildman–Crippen LogP) is 2.79. The lowest BCUT2D eigenvalue weighted by atomic mass is 10.0. The lowest BCUT2D eigenvalue weighted by Gasteiger charge is -2.26. The molecule has 11 heteroatoms. The van der Waals surface area contributed by atoms with E-state index in [4.69, 9.17) is 9.37 Å². The average Bonchev–Trinajstić information content (AvgIpc) is 3.25. The molecule has 4 N–H and O–H groups in total. The first-order valence-corrected chi connectivity index (χ1v) is 10.8. The van der Waals surface area contributed by atoms with Gasteiger partial charge < -0.3 is 25.8 Å². The zero-order valence-electron chi connectivity index (χ0n) is 18.5. The molecule has 0 radical (unpaired) electrons. The van der Waals surface area contributed by atoms with Gasteiger partial charge in [-0.25, -0.2) is 14.0 Å². The molecule has 3 heterocycles. The van der Waals surface area contributed by atoms with E-state index in [-0.39, 0.29) is 18.2 Å². The number of nitrogens with one attached hydrogen (secondary N) is 3. The van der Waals surface area contributed by atoms with Gasteiger partial charge in [-0.3, -0.25) is 4.79 Å². The van der Waals surface area contributed by atoms with Crippen LogP contribution in [0.25, 0.3) is 11.0 Å². The molecule has 0 spiro atoms. The monoisotopic (exact) mass is 458 g/mol. The summed E-state index contributed by atoms with van der Waals surface area (Å²) in [7, 11) is 0. The van der Waals surface area contributed by atoms with Crippen molar-refractivity contribution in [1.29, 1.82) is 0 Å². The number of fused-ring (bicyclic) bond motifs is 1. The fourth-order valence-electron chi connectivity index (χ4n) is 3.42. The molecule has 2 aromatic heterocycles. The topological polar surface area (TPSA) is 134 Å². The number of hydrogen-bond acceptors (Lipinski definition) is 9. The van der Waals surface area contributed by atoms with Crippen LogP contribution in [0.3, 0.4) is 0 Å². The molecule has 176 valence electrons. The van der Waals surface area contributed by atoms with E-state index in [1.807, 2.05) is 6.07 Å². The van der Waals surface area contributed by atoms with E-state index < -0.39 is 17.7 Å². The van der Waals surface area contributed by atoms with Crippen LogP contribution in [-0.2, 0) is 4.74 Å². The van der Waals surface area contributed by atoms with Gasteiger partial charge in [-0.15, -0.1) is 0 Å². The molecule has 1 saturated heterocycles. The largest absolute Gasteiger partial charge is 0.387 e. The number of rotatable bonds is 8. The highest BCUT2D eigenvalue weighted by molar-refractivity contribution is 6.00. The molecule has 0 saturated carbocycles. The van der Waals surface area contributed by atoms with E-state index in [0.29, 0.717) is 35.8 Å². The fourth-order valence-corrected chi connectivity index (χ4v) is 3.42. The number of pyridine rings is 1. The quantitative estimate of drug-likeness (QED) is 0.402. The molecule has 4 rings (SSSR count). The molecule has 1 amide bonds. The number of hydrogen-bond donors (Lipinski definition) is 4. The van der Waals surface area contributed by atoms with Gasteiger partial charge >= 0.3 is 0 Å². The minimum atomic E-state index is -1.61. The molecule has 1 aromatic carbocycles. The molecule has 3 aromatic rings. The lowest BCUT2D eigenvalue weighted by molar-refractivity contribution is -0.00177. The molecule has 0 bridgehead atoms. The number of aromatic nitrogens is 3. The highest BCUT2D eigenvalue weighted by Crippen LogP contribution is 2.25. The van der Waals surface area contributed by atoms with Crippen molar-refractivity contribution in [2.45, 2.75) is 44.5 Å². The average molecular weight is 458 g/mol. The number of halogens is 1. The molecule has 33 heavy (non-hydrogen) atoms. The van der Waals surface area contributed by atoms with Crippen LogP contribution in [-0.4, -0.2) is 63.9 Å². The van der Waals surface area contributed by atoms with Crippen molar-refractivity contribution < 1.29 is 23.7 Å². The number of anilines is 3. The molecule has 0 aliphatic carbocycles. The maximum absolute atomic E-state index is 14.1. The van der Waals surface area contributed by atoms with Crippen LogP contribution in [0, 0.1) is 0 Å². The zero-order valence-corrected chi connectivity index (χ0v) is 18.5. The SMILES string of the molecule is CC(C)(O)C(F)CNC(=O)c1cnc(Nc2ccc3nonc3c2)cc1NC1CCOCC1. The third-order valence-electron chi connectivity index (χ3n) is 5.46. The number of carbonyl (C=O) groups excluding carboxylic acids is 1. The van der Waals surface area contributed by atoms with E-state index in [0.717, 1.165) is 18.5 Å². The summed E-state index contributed by atoms with van der Waals surface area (Å²) < 4.78 is 24.3. The molecule has 1 aliphatic rings. The molecule has 10 nitrogen and oxygen atoms in total. The van der Waals surface area contributed by atoms with Crippen LogP contribution in [0.4, 0.5) is 21.6 Å². The van der Waals surface area contributed by atoms with E-state index in [1.165, 1.54) is 20.0 Å². The van der Waals surface area contributed by atoms with E-state index >= 15 is 0 Å². The van der Waals surface area contributed by atoms with Crippen molar-refractivity contribution in [3.05, 3.63) is 36.0 Å². The van der Waals surface area contributed by atoms with Gasteiger partial charge in [0.25, 0.3) is 5.91 Å². The van der Waals surface area contributed by atoms with Crippen molar-refractivity contribution in [3.63, 3.8) is 0 Å². The Kier molecular flexibility index (Phi) is 6.70. The number of carbonyl (C=O) groups is 1. The van der Waals surface area contributed by atoms with Crippen molar-refractivity contribution in [1.82, 2.24) is 20.6 Å². The van der Waals surface area contributed by atoms with Crippen LogP contribution in [0.2, 0.25) is 0 Å². The van der Waals surface area contributed by atoms with Gasteiger partial charge in [0.1, 0.15) is 23.0 Å². The van der Waals surface area contributed by atoms with Gasteiger partial charge in [-0.05, 0) is 55.2 Å². The Balaban J connectivity index is 1.54. The van der Waals surface area contributed by atoms with Crippen LogP contribution in [0.5, 0.6) is 0 Å². The third kappa shape index (κ3) is 5.74. The molecule has 1 unspecified atom stereocenters. The van der Waals surface area contributed by atoms with Crippen LogP contribution < -0.4 is 16.0 Å². The second-order valence-electron chi connectivity index (χ2n) is 8.57. The first kappa shape index (κ1) is 22.9. The summed E-state index contributed by atoms with van der Waals surface area (Å²) in [6.07, 6.45) is 1.43. The molecule has 1 aliphatic heterocycles. The van der Waals surface area contributed by atoms with Crippen LogP contribution >= 0.6 is 0 Å². The predicted molar refractivity (Wildman–Crippen MR) is 120 cm³/mol. The normalized spacial score (nSPS) is 15.9. The standard InChI is InChI=1S/C22H27FN6O4/c1-22(2,31)19(23)12-25-21(30)15-11-24-20(10-17(15)26-13-5-7-32-8-6-13)27-14-3-4-16-18(9-14)29-33-28-16/h3-4,9-11,13,19,31H,5-8,12H2,1-2H3,(H,25,30)(H2,24,26,27). The molecular formula is C22H27FN6O4. The molecule has 1 fully saturated rings. The van der Waals surface area contributed by atoms with Gasteiger partial charge in [0.05, 0.1) is 23.4 Å². The number of amides is 1. The highest BCUT2D eigenvalue weighted by Gasteiger charge is 2.27. The first-order valence-electron chi connectivity index (χ1n) is 10.8. The zero-order chi connectivity index (χ0) is 23.4. The van der Waals surface area contributed by atoms with Crippen molar-refractivity contribution in [2.24, 2.45) is 0 Å². The van der Waals surface area contributed by atoms with Crippen LogP contribution in [0.15, 0.2) is 35.1 Å². The smallest absolute Gasteiger partial charge is 0.255 e. The summed E-state index contributed by atoms with van der Waals surface area (Å²) in [5.74, 6) is 0.0300. The van der Waals surface area contributed by atoms with E-state index in [2.05, 4.69) is 31.2 Å². The Morgan fingerprint density at radius 2 is 2.00 bits per heavy atom. The number of aliphatic hydroxyl groups is 1. The minimum absolute atomic E-state index is 0.128. The number of ether oxygens (including phenoxy) is 1. The Hall–Kier alpha value is -3.31. The first-order chi connectivity index (χ1) is 15.8. The Morgan fingerprint density at radius 3 is 2.76 bits per heavy atom. The third-order valence-corrected chi connectivity index (χ3v) is 5.46. The number of nitrogens with zero attached hydrogens (tertiary/aromatic N) is 3. The number of benzene rings is 1.